The first-order valence-corrected chi connectivity index (χ1v) is 15.3. The number of amides is 2. The van der Waals surface area contributed by atoms with Gasteiger partial charge < -0.3 is 17.2 Å². The Kier molecular flexibility index (Phi) is 12.7. The van der Waals surface area contributed by atoms with Crippen molar-refractivity contribution >= 4 is 114 Å². The van der Waals surface area contributed by atoms with E-state index >= 15 is 0 Å². The van der Waals surface area contributed by atoms with Crippen LogP contribution in [0.15, 0.2) is 61.1 Å². The number of nitrogen functional groups attached to an aromatic ring is 3. The maximum Gasteiger partial charge on any atom is 0.244 e. The number of carbonyl (C=O) groups excluding carboxylic acids is 5. The summed E-state index contributed by atoms with van der Waals surface area (Å²) >= 11 is 16.9. The van der Waals surface area contributed by atoms with Crippen molar-refractivity contribution in [3.8, 4) is 0 Å². The Morgan fingerprint density at radius 1 is 0.640 bits per heavy atom. The van der Waals surface area contributed by atoms with Crippen LogP contribution in [0.3, 0.4) is 0 Å². The minimum atomic E-state index is -0.295. The van der Waals surface area contributed by atoms with E-state index in [4.69, 9.17) is 52.2 Å². The zero-order valence-electron chi connectivity index (χ0n) is 26.2. The van der Waals surface area contributed by atoms with E-state index < -0.39 is 0 Å². The van der Waals surface area contributed by atoms with Gasteiger partial charge in [-0.3, -0.25) is 24.0 Å². The fourth-order valence-corrected chi connectivity index (χ4v) is 5.16. The number of nitrogens with two attached hydrogens (primary N) is 3. The van der Waals surface area contributed by atoms with Crippen LogP contribution in [0.25, 0.3) is 32.7 Å². The van der Waals surface area contributed by atoms with E-state index in [0.717, 1.165) is 10.9 Å². The molecule has 4 heterocycles. The van der Waals surface area contributed by atoms with Crippen LogP contribution in [0.1, 0.15) is 55.4 Å². The van der Waals surface area contributed by atoms with E-state index in [0.29, 0.717) is 53.3 Å². The van der Waals surface area contributed by atoms with Crippen LogP contribution in [0.5, 0.6) is 0 Å². The molecule has 0 unspecified atom stereocenters. The van der Waals surface area contributed by atoms with Gasteiger partial charge in [0.05, 0.1) is 50.9 Å². The summed E-state index contributed by atoms with van der Waals surface area (Å²) in [6.45, 7) is 4.33. The number of hydrogen-bond donors (Lipinski definition) is 3. The van der Waals surface area contributed by atoms with Crippen molar-refractivity contribution in [1.82, 2.24) is 33.8 Å². The monoisotopic (exact) mass is 742 g/mol. The molecular formula is C32H33Cl3N10O5. The van der Waals surface area contributed by atoms with Crippen LogP contribution >= 0.6 is 35.0 Å². The van der Waals surface area contributed by atoms with Gasteiger partial charge in [0.1, 0.15) is 0 Å². The number of anilines is 3. The summed E-state index contributed by atoms with van der Waals surface area (Å²) in [7, 11) is 0. The highest BCUT2D eigenvalue weighted by atomic mass is 35.5. The Labute approximate surface area is 300 Å². The van der Waals surface area contributed by atoms with Crippen molar-refractivity contribution in [2.75, 3.05) is 17.2 Å². The third-order valence-electron chi connectivity index (χ3n) is 6.99. The third-order valence-corrected chi connectivity index (χ3v) is 8.00. The summed E-state index contributed by atoms with van der Waals surface area (Å²) in [5, 5.41) is 15.0. The molecule has 0 saturated carbocycles. The predicted molar refractivity (Wildman–Crippen MR) is 195 cm³/mol. The molecule has 1 fully saturated rings. The SMILES string of the molecule is C.CC(=O)n1ncc2c(N)c(Cl)ccc21.CC(=O)n1ncc2c(N)ccc(Cl)c21.CC(=O)n1ncc2c(N)cccc21.O=C1CCC(=O)N1Cl. The molecule has 2 amide bonds. The van der Waals surface area contributed by atoms with Gasteiger partial charge >= 0.3 is 0 Å². The Balaban J connectivity index is 0.000000182. The van der Waals surface area contributed by atoms with Gasteiger partial charge in [0.25, 0.3) is 0 Å². The Morgan fingerprint density at radius 2 is 1.10 bits per heavy atom. The molecule has 1 aliphatic rings. The number of rotatable bonds is 0. The first-order chi connectivity index (χ1) is 23.1. The number of fused-ring (bicyclic) bond motifs is 3. The van der Waals surface area contributed by atoms with Crippen LogP contribution in [-0.2, 0) is 9.59 Å². The van der Waals surface area contributed by atoms with Gasteiger partial charge in [-0.2, -0.15) is 24.4 Å². The van der Waals surface area contributed by atoms with Crippen LogP contribution in [0, 0.1) is 0 Å². The molecule has 6 aromatic rings. The highest BCUT2D eigenvalue weighted by Crippen LogP contribution is 2.29. The lowest BCUT2D eigenvalue weighted by molar-refractivity contribution is -0.132. The van der Waals surface area contributed by atoms with Gasteiger partial charge in [-0.15, -0.1) is 0 Å². The second kappa shape index (κ2) is 16.3. The van der Waals surface area contributed by atoms with Crippen molar-refractivity contribution in [3.05, 3.63) is 71.1 Å². The minimum Gasteiger partial charge on any atom is -0.398 e. The van der Waals surface area contributed by atoms with Gasteiger partial charge in [0.2, 0.25) is 29.5 Å². The Hall–Kier alpha value is -5.51. The molecule has 0 spiro atoms. The van der Waals surface area contributed by atoms with E-state index in [1.807, 2.05) is 6.07 Å². The van der Waals surface area contributed by atoms with Crippen LogP contribution in [-0.4, -0.2) is 63.3 Å². The summed E-state index contributed by atoms with van der Waals surface area (Å²) < 4.78 is 4.52. The Bertz CT molecular complexity index is 2240. The third kappa shape index (κ3) is 8.19. The fraction of sp³-hybridized carbons (Fsp3) is 0.188. The molecular weight excluding hydrogens is 711 g/mol. The van der Waals surface area contributed by atoms with Crippen LogP contribution in [0.2, 0.25) is 10.0 Å². The lowest BCUT2D eigenvalue weighted by atomic mass is 10.2. The molecule has 0 atom stereocenters. The van der Waals surface area contributed by atoms with E-state index in [9.17, 15) is 24.0 Å². The maximum absolute atomic E-state index is 11.2. The summed E-state index contributed by atoms with van der Waals surface area (Å²) in [4.78, 5) is 54.1. The van der Waals surface area contributed by atoms with Crippen molar-refractivity contribution in [1.29, 1.82) is 0 Å². The van der Waals surface area contributed by atoms with Crippen molar-refractivity contribution in [3.63, 3.8) is 0 Å². The number of halogens is 3. The molecule has 18 heteroatoms. The highest BCUT2D eigenvalue weighted by Gasteiger charge is 2.26. The quantitative estimate of drug-likeness (QED) is 0.0921. The topological polar surface area (TPSA) is 220 Å². The molecule has 7 rings (SSSR count). The average Bonchev–Trinajstić information content (AvgIpc) is 3.86. The number of carbonyl (C=O) groups is 5. The normalized spacial score (nSPS) is 12.0. The molecule has 262 valence electrons. The van der Waals surface area contributed by atoms with E-state index in [1.165, 1.54) is 47.2 Å². The zero-order valence-corrected chi connectivity index (χ0v) is 28.5. The molecule has 3 aromatic carbocycles. The summed E-state index contributed by atoms with van der Waals surface area (Å²) in [6.07, 6.45) is 5.21. The van der Waals surface area contributed by atoms with Gasteiger partial charge in [0, 0.05) is 72.9 Å². The summed E-state index contributed by atoms with van der Waals surface area (Å²) in [5.41, 5.74) is 20.8. The van der Waals surface area contributed by atoms with Crippen molar-refractivity contribution in [2.45, 2.75) is 41.0 Å². The Morgan fingerprint density at radius 3 is 1.62 bits per heavy atom. The smallest absolute Gasteiger partial charge is 0.244 e. The first kappa shape index (κ1) is 38.9. The second-order valence-electron chi connectivity index (χ2n) is 10.4. The predicted octanol–water partition coefficient (Wildman–Crippen LogP) is 6.07. The number of benzene rings is 3. The standard InChI is InChI=1S/2C9H8ClN3O.C9H9N3O.C4H4ClNO2.CH4/c1-5(14)13-8-3-2-7(10)9(11)6(8)4-12-13;1-5(14)13-9-6(4-12-13)8(11)3-2-7(9)10;1-6(13)12-9-4-2-3-8(10)7(9)5-11-12;5-6-3(7)1-2-4(6)8;/h2*2-4H,11H2,1H3;2-5H,10H2,1H3;1-2H2;1H4. The number of imide groups is 1. The second-order valence-corrected chi connectivity index (χ2v) is 11.5. The minimum absolute atomic E-state index is 0. The van der Waals surface area contributed by atoms with Gasteiger partial charge in [-0.05, 0) is 36.4 Å². The summed E-state index contributed by atoms with van der Waals surface area (Å²) in [5.74, 6) is -1.04. The van der Waals surface area contributed by atoms with Crippen LogP contribution in [0.4, 0.5) is 17.1 Å². The number of nitrogens with zero attached hydrogens (tertiary/aromatic N) is 7. The zero-order chi connectivity index (χ0) is 36.2. The molecule has 1 saturated heterocycles. The van der Waals surface area contributed by atoms with Gasteiger partial charge in [-0.1, -0.05) is 36.7 Å². The first-order valence-electron chi connectivity index (χ1n) is 14.2. The van der Waals surface area contributed by atoms with Crippen molar-refractivity contribution in [2.24, 2.45) is 0 Å². The van der Waals surface area contributed by atoms with E-state index in [1.54, 1.807) is 42.6 Å². The molecule has 0 bridgehead atoms. The molecule has 3 aromatic heterocycles. The highest BCUT2D eigenvalue weighted by molar-refractivity contribution is 6.36. The molecule has 15 nitrogen and oxygen atoms in total. The largest absolute Gasteiger partial charge is 0.398 e. The average molecular weight is 744 g/mol. The number of hydrogen-bond acceptors (Lipinski definition) is 11. The lowest BCUT2D eigenvalue weighted by Crippen LogP contribution is -2.16. The van der Waals surface area contributed by atoms with Crippen LogP contribution < -0.4 is 17.2 Å². The lowest BCUT2D eigenvalue weighted by Gasteiger charge is -2.00. The van der Waals surface area contributed by atoms with Crippen molar-refractivity contribution < 1.29 is 24.0 Å². The van der Waals surface area contributed by atoms with Gasteiger partial charge in [-0.25, -0.2) is 9.36 Å². The van der Waals surface area contributed by atoms with E-state index in [-0.39, 0.29) is 49.8 Å². The van der Waals surface area contributed by atoms with Gasteiger partial charge in [0.15, 0.2) is 0 Å². The molecule has 1 aliphatic heterocycles. The molecule has 0 radical (unpaired) electrons. The fourth-order valence-electron chi connectivity index (χ4n) is 4.58. The molecule has 6 N–H and O–H groups in total. The molecule has 0 aliphatic carbocycles. The number of aromatic nitrogens is 6. The summed E-state index contributed by atoms with van der Waals surface area (Å²) in [6, 6.07) is 12.1. The van der Waals surface area contributed by atoms with E-state index in [2.05, 4.69) is 15.3 Å². The molecule has 50 heavy (non-hydrogen) atoms. The maximum atomic E-state index is 11.2.